The van der Waals surface area contributed by atoms with Gasteiger partial charge in [-0.3, -0.25) is 0 Å². The Morgan fingerprint density at radius 2 is 2.16 bits per heavy atom. The van der Waals surface area contributed by atoms with E-state index in [-0.39, 0.29) is 6.03 Å². The van der Waals surface area contributed by atoms with Crippen LogP contribution in [0.2, 0.25) is 5.15 Å². The standard InChI is InChI=1S/C14H18ClN3O/c15-13-7-6-11(9-16-13)17-14(19)18-8-2-4-10-3-1-5-12(10)18/h6-7,9-10,12H,1-5,8H2,(H,17,19). The minimum Gasteiger partial charge on any atom is -0.321 e. The number of likely N-dealkylation sites (tertiary alicyclic amines) is 1. The van der Waals surface area contributed by atoms with Crippen LogP contribution >= 0.6 is 11.6 Å². The molecular formula is C14H18ClN3O. The van der Waals surface area contributed by atoms with E-state index >= 15 is 0 Å². The van der Waals surface area contributed by atoms with Crippen LogP contribution in [0.5, 0.6) is 0 Å². The zero-order valence-electron chi connectivity index (χ0n) is 10.8. The lowest BCUT2D eigenvalue weighted by Gasteiger charge is -2.37. The van der Waals surface area contributed by atoms with E-state index in [1.54, 1.807) is 18.3 Å². The second-order valence-corrected chi connectivity index (χ2v) is 5.78. The highest BCUT2D eigenvalue weighted by atomic mass is 35.5. The summed E-state index contributed by atoms with van der Waals surface area (Å²) in [6, 6.07) is 3.91. The Hall–Kier alpha value is -1.29. The first-order valence-electron chi connectivity index (χ1n) is 6.93. The summed E-state index contributed by atoms with van der Waals surface area (Å²) < 4.78 is 0. The van der Waals surface area contributed by atoms with Gasteiger partial charge in [0.15, 0.2) is 0 Å². The van der Waals surface area contributed by atoms with Gasteiger partial charge in [-0.2, -0.15) is 0 Å². The highest BCUT2D eigenvalue weighted by molar-refractivity contribution is 6.29. The van der Waals surface area contributed by atoms with E-state index in [0.717, 1.165) is 19.4 Å². The number of amides is 2. The van der Waals surface area contributed by atoms with Crippen LogP contribution in [0.4, 0.5) is 10.5 Å². The number of nitrogens with one attached hydrogen (secondary N) is 1. The highest BCUT2D eigenvalue weighted by Crippen LogP contribution is 2.36. The lowest BCUT2D eigenvalue weighted by Crippen LogP contribution is -2.48. The number of fused-ring (bicyclic) bond motifs is 1. The molecule has 5 heteroatoms. The van der Waals surface area contributed by atoms with Crippen LogP contribution in [0.1, 0.15) is 32.1 Å². The summed E-state index contributed by atoms with van der Waals surface area (Å²) in [7, 11) is 0. The number of halogens is 1. The summed E-state index contributed by atoms with van der Waals surface area (Å²) in [5, 5.41) is 3.35. The predicted molar refractivity (Wildman–Crippen MR) is 75.3 cm³/mol. The largest absolute Gasteiger partial charge is 0.322 e. The molecule has 1 aromatic rings. The summed E-state index contributed by atoms with van der Waals surface area (Å²) in [5.41, 5.74) is 0.703. The van der Waals surface area contributed by atoms with Crippen molar-refractivity contribution in [3.63, 3.8) is 0 Å². The third kappa shape index (κ3) is 2.68. The average molecular weight is 280 g/mol. The smallest absolute Gasteiger partial charge is 0.321 e. The molecule has 2 unspecified atom stereocenters. The fraction of sp³-hybridized carbons (Fsp3) is 0.571. The van der Waals surface area contributed by atoms with Crippen LogP contribution in [-0.2, 0) is 0 Å². The van der Waals surface area contributed by atoms with E-state index in [0.29, 0.717) is 22.8 Å². The first kappa shape index (κ1) is 12.7. The molecule has 1 N–H and O–H groups in total. The molecule has 2 amide bonds. The molecule has 1 saturated heterocycles. The van der Waals surface area contributed by atoms with E-state index in [1.165, 1.54) is 19.3 Å². The van der Waals surface area contributed by atoms with Crippen LogP contribution in [0.25, 0.3) is 0 Å². The second-order valence-electron chi connectivity index (χ2n) is 5.39. The Morgan fingerprint density at radius 1 is 1.32 bits per heavy atom. The molecule has 1 aliphatic heterocycles. The maximum Gasteiger partial charge on any atom is 0.322 e. The van der Waals surface area contributed by atoms with Crippen LogP contribution in [-0.4, -0.2) is 28.5 Å². The molecule has 102 valence electrons. The molecular weight excluding hydrogens is 262 g/mol. The zero-order chi connectivity index (χ0) is 13.2. The summed E-state index contributed by atoms with van der Waals surface area (Å²) in [6.07, 6.45) is 7.66. The van der Waals surface area contributed by atoms with Gasteiger partial charge in [0.1, 0.15) is 5.15 Å². The minimum absolute atomic E-state index is 0.000669. The molecule has 0 bridgehead atoms. The van der Waals surface area contributed by atoms with Crippen molar-refractivity contribution in [2.45, 2.75) is 38.1 Å². The molecule has 2 aliphatic rings. The predicted octanol–water partition coefficient (Wildman–Crippen LogP) is 3.53. The Morgan fingerprint density at radius 3 is 2.95 bits per heavy atom. The molecule has 2 atom stereocenters. The number of carbonyl (C=O) groups excluding carboxylic acids is 1. The maximum absolute atomic E-state index is 12.3. The molecule has 19 heavy (non-hydrogen) atoms. The van der Waals surface area contributed by atoms with Gasteiger partial charge in [-0.1, -0.05) is 18.0 Å². The number of urea groups is 1. The van der Waals surface area contributed by atoms with Crippen molar-refractivity contribution < 1.29 is 4.79 Å². The van der Waals surface area contributed by atoms with Crippen LogP contribution in [0.3, 0.4) is 0 Å². The SMILES string of the molecule is O=C(Nc1ccc(Cl)nc1)N1CCCC2CCCC21. The van der Waals surface area contributed by atoms with E-state index in [2.05, 4.69) is 10.3 Å². The molecule has 2 fully saturated rings. The van der Waals surface area contributed by atoms with Gasteiger partial charge >= 0.3 is 6.03 Å². The number of anilines is 1. The number of pyridine rings is 1. The van der Waals surface area contributed by atoms with Gasteiger partial charge in [-0.05, 0) is 43.7 Å². The van der Waals surface area contributed by atoms with Crippen LogP contribution < -0.4 is 5.32 Å². The first-order chi connectivity index (χ1) is 9.24. The van der Waals surface area contributed by atoms with Crippen molar-refractivity contribution in [1.29, 1.82) is 0 Å². The third-order valence-corrected chi connectivity index (χ3v) is 4.46. The topological polar surface area (TPSA) is 45.2 Å². The van der Waals surface area contributed by atoms with Gasteiger partial charge in [0.2, 0.25) is 0 Å². The number of rotatable bonds is 1. The number of nitrogens with zero attached hydrogens (tertiary/aromatic N) is 2. The van der Waals surface area contributed by atoms with E-state index in [1.807, 2.05) is 4.90 Å². The quantitative estimate of drug-likeness (QED) is 0.799. The fourth-order valence-corrected chi connectivity index (χ4v) is 3.46. The van der Waals surface area contributed by atoms with E-state index < -0.39 is 0 Å². The molecule has 0 aromatic carbocycles. The summed E-state index contributed by atoms with van der Waals surface area (Å²) in [5.74, 6) is 0.711. The Kier molecular flexibility index (Phi) is 3.60. The molecule has 4 nitrogen and oxygen atoms in total. The summed E-state index contributed by atoms with van der Waals surface area (Å²) in [4.78, 5) is 18.3. The van der Waals surface area contributed by atoms with Gasteiger partial charge in [0.25, 0.3) is 0 Å². The molecule has 0 spiro atoms. The van der Waals surface area contributed by atoms with Crippen molar-refractivity contribution in [2.75, 3.05) is 11.9 Å². The van der Waals surface area contributed by atoms with E-state index in [4.69, 9.17) is 11.6 Å². The molecule has 2 heterocycles. The van der Waals surface area contributed by atoms with Gasteiger partial charge in [0.05, 0.1) is 11.9 Å². The molecule has 0 radical (unpaired) electrons. The lowest BCUT2D eigenvalue weighted by molar-refractivity contribution is 0.138. The molecule has 1 aliphatic carbocycles. The van der Waals surface area contributed by atoms with Gasteiger partial charge < -0.3 is 10.2 Å². The Bertz CT molecular complexity index is 462. The van der Waals surface area contributed by atoms with Crippen molar-refractivity contribution in [3.05, 3.63) is 23.5 Å². The van der Waals surface area contributed by atoms with Crippen LogP contribution in [0.15, 0.2) is 18.3 Å². The Labute approximate surface area is 118 Å². The highest BCUT2D eigenvalue weighted by Gasteiger charge is 2.37. The van der Waals surface area contributed by atoms with Crippen LogP contribution in [0, 0.1) is 5.92 Å². The number of aromatic nitrogens is 1. The van der Waals surface area contributed by atoms with Crippen molar-refractivity contribution in [2.24, 2.45) is 5.92 Å². The first-order valence-corrected chi connectivity index (χ1v) is 7.31. The fourth-order valence-electron chi connectivity index (χ4n) is 3.35. The van der Waals surface area contributed by atoms with Crippen molar-refractivity contribution >= 4 is 23.3 Å². The lowest BCUT2D eigenvalue weighted by atomic mass is 9.92. The van der Waals surface area contributed by atoms with Gasteiger partial charge in [-0.25, -0.2) is 9.78 Å². The van der Waals surface area contributed by atoms with Crippen molar-refractivity contribution in [1.82, 2.24) is 9.88 Å². The number of hydrogen-bond donors (Lipinski definition) is 1. The third-order valence-electron chi connectivity index (χ3n) is 4.23. The monoisotopic (exact) mass is 279 g/mol. The van der Waals surface area contributed by atoms with Gasteiger partial charge in [-0.15, -0.1) is 0 Å². The number of hydrogen-bond acceptors (Lipinski definition) is 2. The second kappa shape index (κ2) is 5.37. The number of piperidine rings is 1. The van der Waals surface area contributed by atoms with Crippen molar-refractivity contribution in [3.8, 4) is 0 Å². The number of carbonyl (C=O) groups is 1. The maximum atomic E-state index is 12.3. The minimum atomic E-state index is 0.000669. The van der Waals surface area contributed by atoms with Gasteiger partial charge in [0, 0.05) is 12.6 Å². The summed E-state index contributed by atoms with van der Waals surface area (Å²) in [6.45, 7) is 0.869. The average Bonchev–Trinajstić information content (AvgIpc) is 2.89. The van der Waals surface area contributed by atoms with E-state index in [9.17, 15) is 4.79 Å². The molecule has 3 rings (SSSR count). The Balaban J connectivity index is 1.67. The normalized spacial score (nSPS) is 26.1. The molecule has 1 aromatic heterocycles. The zero-order valence-corrected chi connectivity index (χ0v) is 11.6. The summed E-state index contributed by atoms with van der Waals surface area (Å²) >= 11 is 5.74. The molecule has 1 saturated carbocycles.